The first-order chi connectivity index (χ1) is 22.8. The lowest BCUT2D eigenvalue weighted by molar-refractivity contribution is -0.161. The molecular weight excluding hydrogens is 615 g/mol. The van der Waals surface area contributed by atoms with Crippen LogP contribution in [0.2, 0.25) is 0 Å². The fourth-order valence-corrected chi connectivity index (χ4v) is 6.26. The second-order valence-corrected chi connectivity index (χ2v) is 14.9. The van der Waals surface area contributed by atoms with Crippen LogP contribution in [0.1, 0.15) is 213 Å². The molecule has 0 amide bonds. The number of hydrogen-bond acceptors (Lipinski definition) is 6. The maximum atomic E-state index is 12.3. The molecule has 0 aliphatic heterocycles. The molecule has 8 nitrogen and oxygen atoms in total. The van der Waals surface area contributed by atoms with Crippen LogP contribution in [0.3, 0.4) is 0 Å². The predicted octanol–water partition coefficient (Wildman–Crippen LogP) is 11.7. The van der Waals surface area contributed by atoms with E-state index in [1.54, 1.807) is 0 Å². The molecule has 0 aliphatic rings. The fourth-order valence-electron chi connectivity index (χ4n) is 5.90. The van der Waals surface area contributed by atoms with Crippen molar-refractivity contribution in [2.45, 2.75) is 219 Å². The molecule has 0 aromatic carbocycles. The van der Waals surface area contributed by atoms with Crippen molar-refractivity contribution in [3.63, 3.8) is 0 Å². The molecule has 9 heteroatoms. The second kappa shape index (κ2) is 34.9. The van der Waals surface area contributed by atoms with Gasteiger partial charge >= 0.3 is 19.8 Å². The SMILES string of the molecule is CCCCCCCCCCCCCCCCCCCCC(=O)OC[C@H](COP(=O)(O)O)OC(=O)CCCCCCCCCCCCC. The minimum Gasteiger partial charge on any atom is -0.462 e. The van der Waals surface area contributed by atoms with Crippen LogP contribution >= 0.6 is 7.82 Å². The maximum absolute atomic E-state index is 12.3. The first-order valence-corrected chi connectivity index (χ1v) is 21.4. The van der Waals surface area contributed by atoms with Gasteiger partial charge in [-0.15, -0.1) is 0 Å². The summed E-state index contributed by atoms with van der Waals surface area (Å²) in [7, 11) is -4.74. The summed E-state index contributed by atoms with van der Waals surface area (Å²) >= 11 is 0. The summed E-state index contributed by atoms with van der Waals surface area (Å²) in [5.74, 6) is -0.871. The number of phosphoric acid groups is 1. The molecule has 0 unspecified atom stereocenters. The third kappa shape index (κ3) is 37.7. The van der Waals surface area contributed by atoms with E-state index in [2.05, 4.69) is 18.4 Å². The number of phosphoric ester groups is 1. The van der Waals surface area contributed by atoms with Gasteiger partial charge in [-0.25, -0.2) is 4.57 Å². The molecule has 0 saturated heterocycles. The van der Waals surface area contributed by atoms with E-state index in [1.165, 1.54) is 141 Å². The Balaban J connectivity index is 3.85. The molecule has 2 N–H and O–H groups in total. The Morgan fingerprint density at radius 2 is 0.766 bits per heavy atom. The minimum atomic E-state index is -4.74. The highest BCUT2D eigenvalue weighted by molar-refractivity contribution is 7.46. The van der Waals surface area contributed by atoms with Crippen LogP contribution < -0.4 is 0 Å². The molecule has 0 heterocycles. The van der Waals surface area contributed by atoms with Gasteiger partial charge in [-0.1, -0.05) is 187 Å². The zero-order valence-electron chi connectivity index (χ0n) is 30.7. The highest BCUT2D eigenvalue weighted by Gasteiger charge is 2.22. The Morgan fingerprint density at radius 3 is 1.09 bits per heavy atom. The van der Waals surface area contributed by atoms with E-state index in [0.717, 1.165) is 38.5 Å². The molecule has 0 aromatic rings. The molecule has 47 heavy (non-hydrogen) atoms. The number of carbonyl (C=O) groups excluding carboxylic acids is 2. The highest BCUT2D eigenvalue weighted by Crippen LogP contribution is 2.36. The summed E-state index contributed by atoms with van der Waals surface area (Å²) in [5, 5.41) is 0. The topological polar surface area (TPSA) is 119 Å². The third-order valence-corrected chi connectivity index (χ3v) is 9.36. The van der Waals surface area contributed by atoms with Gasteiger partial charge in [0.25, 0.3) is 0 Å². The summed E-state index contributed by atoms with van der Waals surface area (Å²) in [4.78, 5) is 42.7. The monoisotopic (exact) mass is 691 g/mol. The van der Waals surface area contributed by atoms with E-state index in [4.69, 9.17) is 19.3 Å². The molecule has 0 radical (unpaired) electrons. The number of carbonyl (C=O) groups is 2. The number of esters is 2. The summed E-state index contributed by atoms with van der Waals surface area (Å²) in [6.07, 6.45) is 35.4. The van der Waals surface area contributed by atoms with Crippen molar-refractivity contribution in [2.24, 2.45) is 0 Å². The molecule has 0 saturated carbocycles. The quantitative estimate of drug-likeness (QED) is 0.0375. The van der Waals surface area contributed by atoms with Crippen molar-refractivity contribution in [3.8, 4) is 0 Å². The van der Waals surface area contributed by atoms with Crippen LogP contribution in [-0.2, 0) is 28.2 Å². The van der Waals surface area contributed by atoms with Crippen molar-refractivity contribution in [2.75, 3.05) is 13.2 Å². The van der Waals surface area contributed by atoms with Gasteiger partial charge in [-0.05, 0) is 12.8 Å². The smallest absolute Gasteiger partial charge is 0.462 e. The van der Waals surface area contributed by atoms with Crippen LogP contribution in [0, 0.1) is 0 Å². The Labute approximate surface area is 289 Å². The number of rotatable bonds is 37. The largest absolute Gasteiger partial charge is 0.469 e. The molecule has 280 valence electrons. The Bertz CT molecular complexity index is 741. The lowest BCUT2D eigenvalue weighted by Crippen LogP contribution is -2.29. The van der Waals surface area contributed by atoms with Crippen molar-refractivity contribution >= 4 is 19.8 Å². The van der Waals surface area contributed by atoms with Gasteiger partial charge in [0.2, 0.25) is 0 Å². The first kappa shape index (κ1) is 46.0. The lowest BCUT2D eigenvalue weighted by Gasteiger charge is -2.18. The van der Waals surface area contributed by atoms with Gasteiger partial charge in [0.05, 0.1) is 6.61 Å². The first-order valence-electron chi connectivity index (χ1n) is 19.8. The zero-order valence-corrected chi connectivity index (χ0v) is 31.6. The van der Waals surface area contributed by atoms with Gasteiger partial charge in [0.1, 0.15) is 6.61 Å². The van der Waals surface area contributed by atoms with Crippen molar-refractivity contribution in [3.05, 3.63) is 0 Å². The molecule has 0 aromatic heterocycles. The van der Waals surface area contributed by atoms with E-state index in [9.17, 15) is 14.2 Å². The summed E-state index contributed by atoms with van der Waals surface area (Å²) in [5.41, 5.74) is 0. The maximum Gasteiger partial charge on any atom is 0.469 e. The van der Waals surface area contributed by atoms with Crippen LogP contribution in [-0.4, -0.2) is 41.0 Å². The number of hydrogen-bond donors (Lipinski definition) is 2. The molecule has 0 aliphatic carbocycles. The average molecular weight is 691 g/mol. The van der Waals surface area contributed by atoms with E-state index >= 15 is 0 Å². The van der Waals surface area contributed by atoms with Gasteiger partial charge in [-0.3, -0.25) is 14.1 Å². The molecule has 1 atom stereocenters. The van der Waals surface area contributed by atoms with Gasteiger partial charge < -0.3 is 19.3 Å². The molecule has 0 spiro atoms. The average Bonchev–Trinajstić information content (AvgIpc) is 3.03. The standard InChI is InChI=1S/C38H75O8P/c1-3-5-7-9-11-13-15-16-17-18-19-20-21-23-24-26-28-30-32-37(39)44-34-36(35-45-47(41,42)43)46-38(40)33-31-29-27-25-22-14-12-10-8-6-4-2/h36H,3-35H2,1-2H3,(H2,41,42,43)/t36-/m1/s1. The van der Waals surface area contributed by atoms with E-state index < -0.39 is 32.5 Å². The fraction of sp³-hybridized carbons (Fsp3) is 0.947. The van der Waals surface area contributed by atoms with E-state index in [0.29, 0.717) is 6.42 Å². The number of unbranched alkanes of at least 4 members (excludes halogenated alkanes) is 27. The van der Waals surface area contributed by atoms with Gasteiger partial charge in [0, 0.05) is 12.8 Å². The number of ether oxygens (including phenoxy) is 2. The second-order valence-electron chi connectivity index (χ2n) is 13.6. The minimum absolute atomic E-state index is 0.219. The third-order valence-electron chi connectivity index (χ3n) is 8.88. The van der Waals surface area contributed by atoms with Crippen LogP contribution in [0.15, 0.2) is 0 Å². The predicted molar refractivity (Wildman–Crippen MR) is 193 cm³/mol. The summed E-state index contributed by atoms with van der Waals surface area (Å²) < 4.78 is 26.3. The van der Waals surface area contributed by atoms with Crippen LogP contribution in [0.5, 0.6) is 0 Å². The van der Waals surface area contributed by atoms with Gasteiger partial charge in [0.15, 0.2) is 6.10 Å². The molecule has 0 rings (SSSR count). The molecule has 0 fully saturated rings. The molecular formula is C38H75O8P. The van der Waals surface area contributed by atoms with Crippen LogP contribution in [0.4, 0.5) is 0 Å². The summed E-state index contributed by atoms with van der Waals surface area (Å²) in [6.45, 7) is 3.69. The van der Waals surface area contributed by atoms with Crippen LogP contribution in [0.25, 0.3) is 0 Å². The highest BCUT2D eigenvalue weighted by atomic mass is 31.2. The normalized spacial score (nSPS) is 12.3. The Kier molecular flexibility index (Phi) is 34.2. The zero-order chi connectivity index (χ0) is 34.7. The van der Waals surface area contributed by atoms with E-state index in [-0.39, 0.29) is 19.4 Å². The lowest BCUT2D eigenvalue weighted by atomic mass is 10.0. The van der Waals surface area contributed by atoms with Gasteiger partial charge in [-0.2, -0.15) is 0 Å². The van der Waals surface area contributed by atoms with Crippen molar-refractivity contribution in [1.29, 1.82) is 0 Å². The molecule has 0 bridgehead atoms. The van der Waals surface area contributed by atoms with Crippen molar-refractivity contribution in [1.82, 2.24) is 0 Å². The van der Waals surface area contributed by atoms with Crippen molar-refractivity contribution < 1.29 is 37.9 Å². The summed E-state index contributed by atoms with van der Waals surface area (Å²) in [6, 6.07) is 0. The van der Waals surface area contributed by atoms with E-state index in [1.807, 2.05) is 0 Å². The Morgan fingerprint density at radius 1 is 0.468 bits per heavy atom. The Hall–Kier alpha value is -0.950.